The van der Waals surface area contributed by atoms with E-state index >= 15 is 0 Å². The highest BCUT2D eigenvalue weighted by Gasteiger charge is 2.43. The summed E-state index contributed by atoms with van der Waals surface area (Å²) in [4.78, 5) is 13.5. The van der Waals surface area contributed by atoms with Crippen LogP contribution in [0.25, 0.3) is 11.3 Å². The van der Waals surface area contributed by atoms with Crippen molar-refractivity contribution in [3.05, 3.63) is 70.4 Å². The molecule has 2 aromatic carbocycles. The van der Waals surface area contributed by atoms with Crippen LogP contribution in [-0.2, 0) is 4.79 Å². The third-order valence-corrected chi connectivity index (χ3v) is 6.65. The third kappa shape index (κ3) is 3.59. The predicted octanol–water partition coefficient (Wildman–Crippen LogP) is 5.60. The van der Waals surface area contributed by atoms with Crippen LogP contribution in [0.4, 0.5) is 5.82 Å². The first-order valence-electron chi connectivity index (χ1n) is 11.2. The zero-order valence-electron chi connectivity index (χ0n) is 19.7. The van der Waals surface area contributed by atoms with E-state index in [0.717, 1.165) is 45.9 Å². The van der Waals surface area contributed by atoms with E-state index in [1.807, 2.05) is 18.2 Å². The van der Waals surface area contributed by atoms with Crippen molar-refractivity contribution in [3.63, 3.8) is 0 Å². The number of hydrogen-bond acceptors (Lipinski definition) is 5. The Morgan fingerprint density at radius 3 is 2.42 bits per heavy atom. The van der Waals surface area contributed by atoms with Gasteiger partial charge in [0.05, 0.1) is 19.9 Å². The second kappa shape index (κ2) is 7.80. The van der Waals surface area contributed by atoms with Crippen LogP contribution in [0.5, 0.6) is 11.5 Å². The third-order valence-electron chi connectivity index (χ3n) is 6.65. The molecule has 1 aliphatic heterocycles. The van der Waals surface area contributed by atoms with Gasteiger partial charge in [0.1, 0.15) is 0 Å². The second-order valence-corrected chi connectivity index (χ2v) is 9.73. The molecule has 1 aliphatic carbocycles. The summed E-state index contributed by atoms with van der Waals surface area (Å²) >= 11 is 0. The number of carbonyl (C=O) groups is 1. The van der Waals surface area contributed by atoms with E-state index in [1.165, 1.54) is 5.56 Å². The van der Waals surface area contributed by atoms with Crippen molar-refractivity contribution in [2.24, 2.45) is 5.41 Å². The topological polar surface area (TPSA) is 76.2 Å². The van der Waals surface area contributed by atoms with Gasteiger partial charge in [-0.1, -0.05) is 49.7 Å². The molecule has 1 atom stereocenters. The van der Waals surface area contributed by atoms with Crippen molar-refractivity contribution in [2.75, 3.05) is 19.5 Å². The first-order chi connectivity index (χ1) is 15.8. The van der Waals surface area contributed by atoms with Gasteiger partial charge in [-0.3, -0.25) is 9.89 Å². The molecule has 3 aromatic rings. The van der Waals surface area contributed by atoms with Crippen molar-refractivity contribution in [2.45, 2.75) is 39.5 Å². The largest absolute Gasteiger partial charge is 0.493 e. The number of carbonyl (C=O) groups excluding carboxylic acids is 1. The zero-order valence-corrected chi connectivity index (χ0v) is 19.7. The molecular weight excluding hydrogens is 414 g/mol. The quantitative estimate of drug-likeness (QED) is 0.549. The van der Waals surface area contributed by atoms with Crippen LogP contribution in [0, 0.1) is 12.3 Å². The van der Waals surface area contributed by atoms with Gasteiger partial charge in [-0.25, -0.2) is 0 Å². The predicted molar refractivity (Wildman–Crippen MR) is 129 cm³/mol. The molecule has 0 bridgehead atoms. The number of anilines is 1. The van der Waals surface area contributed by atoms with Gasteiger partial charge in [0, 0.05) is 29.2 Å². The number of ketones is 1. The molecular formula is C27H29N3O3. The summed E-state index contributed by atoms with van der Waals surface area (Å²) in [5.41, 5.74) is 6.79. The van der Waals surface area contributed by atoms with E-state index in [0.29, 0.717) is 17.9 Å². The Morgan fingerprint density at radius 1 is 1.00 bits per heavy atom. The summed E-state index contributed by atoms with van der Waals surface area (Å²) < 4.78 is 11.1. The number of nitrogens with one attached hydrogen (secondary N) is 2. The monoisotopic (exact) mass is 443 g/mol. The smallest absolute Gasteiger partial charge is 0.162 e. The van der Waals surface area contributed by atoms with Gasteiger partial charge in [-0.15, -0.1) is 0 Å². The number of ether oxygens (including phenoxy) is 2. The molecule has 0 amide bonds. The van der Waals surface area contributed by atoms with Crippen LogP contribution in [0.2, 0.25) is 0 Å². The summed E-state index contributed by atoms with van der Waals surface area (Å²) in [5, 5.41) is 11.4. The molecule has 2 N–H and O–H groups in total. The van der Waals surface area contributed by atoms with Gasteiger partial charge in [-0.2, -0.15) is 5.10 Å². The lowest BCUT2D eigenvalue weighted by Crippen LogP contribution is -2.33. The summed E-state index contributed by atoms with van der Waals surface area (Å²) in [5.74, 6) is 1.99. The maximum Gasteiger partial charge on any atom is 0.162 e. The number of Topliss-reactive ketones (excluding diaryl/α,β-unsaturated/α-hetero) is 1. The van der Waals surface area contributed by atoms with Gasteiger partial charge in [-0.05, 0) is 42.0 Å². The molecule has 0 saturated heterocycles. The Kier molecular flexibility index (Phi) is 5.04. The van der Waals surface area contributed by atoms with E-state index in [2.05, 4.69) is 60.6 Å². The minimum absolute atomic E-state index is 0.0985. The van der Waals surface area contributed by atoms with E-state index in [-0.39, 0.29) is 17.1 Å². The number of aromatic amines is 1. The molecule has 0 radical (unpaired) electrons. The summed E-state index contributed by atoms with van der Waals surface area (Å²) in [6, 6.07) is 14.2. The van der Waals surface area contributed by atoms with Crippen LogP contribution in [0.3, 0.4) is 0 Å². The van der Waals surface area contributed by atoms with Crippen LogP contribution in [0.15, 0.2) is 53.7 Å². The molecule has 0 saturated carbocycles. The van der Waals surface area contributed by atoms with Gasteiger partial charge < -0.3 is 14.8 Å². The van der Waals surface area contributed by atoms with Crippen molar-refractivity contribution < 1.29 is 14.3 Å². The van der Waals surface area contributed by atoms with Gasteiger partial charge >= 0.3 is 0 Å². The van der Waals surface area contributed by atoms with E-state index in [1.54, 1.807) is 14.2 Å². The summed E-state index contributed by atoms with van der Waals surface area (Å²) in [6.45, 7) is 6.35. The molecule has 170 valence electrons. The van der Waals surface area contributed by atoms with Gasteiger partial charge in [0.15, 0.2) is 23.1 Å². The Labute approximate surface area is 194 Å². The maximum atomic E-state index is 13.5. The standard InChI is InChI=1S/C27H29N3O3/c1-15-6-8-16(9-7-15)25-24-22(17-10-11-20(32-4)21(12-17)33-5)23-18(28-26(24)30-29-25)13-27(2,3)14-19(23)31/h6-12,22H,13-14H2,1-5H3,(H2,28,29,30). The number of benzene rings is 2. The fourth-order valence-electron chi connectivity index (χ4n) is 5.10. The lowest BCUT2D eigenvalue weighted by Gasteiger charge is -2.38. The second-order valence-electron chi connectivity index (χ2n) is 9.73. The number of rotatable bonds is 4. The molecule has 1 aromatic heterocycles. The molecule has 33 heavy (non-hydrogen) atoms. The van der Waals surface area contributed by atoms with Crippen molar-refractivity contribution in [3.8, 4) is 22.8 Å². The first-order valence-corrected chi connectivity index (χ1v) is 11.2. The van der Waals surface area contributed by atoms with Crippen molar-refractivity contribution in [1.29, 1.82) is 0 Å². The van der Waals surface area contributed by atoms with Crippen LogP contribution < -0.4 is 14.8 Å². The van der Waals surface area contributed by atoms with E-state index < -0.39 is 0 Å². The molecule has 5 rings (SSSR count). The van der Waals surface area contributed by atoms with Crippen molar-refractivity contribution in [1.82, 2.24) is 10.2 Å². The zero-order chi connectivity index (χ0) is 23.3. The van der Waals surface area contributed by atoms with Crippen molar-refractivity contribution >= 4 is 11.6 Å². The number of aromatic nitrogens is 2. The number of aryl methyl sites for hydroxylation is 1. The number of methoxy groups -OCH3 is 2. The SMILES string of the molecule is COc1ccc(C2C3=C(CC(C)(C)CC3=O)Nc3n[nH]c(-c4ccc(C)cc4)c32)cc1OC. The Bertz CT molecular complexity index is 1270. The fraction of sp³-hybridized carbons (Fsp3) is 0.333. The number of fused-ring (bicyclic) bond motifs is 1. The molecule has 0 fully saturated rings. The molecule has 6 nitrogen and oxygen atoms in total. The number of nitrogens with zero attached hydrogens (tertiary/aromatic N) is 1. The maximum absolute atomic E-state index is 13.5. The molecule has 6 heteroatoms. The van der Waals surface area contributed by atoms with E-state index in [4.69, 9.17) is 9.47 Å². The van der Waals surface area contributed by atoms with Crippen LogP contribution in [-0.4, -0.2) is 30.2 Å². The van der Waals surface area contributed by atoms with Gasteiger partial charge in [0.25, 0.3) is 0 Å². The van der Waals surface area contributed by atoms with Crippen LogP contribution in [0.1, 0.15) is 49.3 Å². The van der Waals surface area contributed by atoms with Gasteiger partial charge in [0.2, 0.25) is 0 Å². The highest BCUT2D eigenvalue weighted by atomic mass is 16.5. The first kappa shape index (κ1) is 21.3. The number of H-pyrrole nitrogens is 1. The van der Waals surface area contributed by atoms with E-state index in [9.17, 15) is 4.79 Å². The highest BCUT2D eigenvalue weighted by Crippen LogP contribution is 2.51. The lowest BCUT2D eigenvalue weighted by atomic mass is 9.69. The molecule has 2 aliphatic rings. The van der Waals surface area contributed by atoms with Crippen LogP contribution >= 0.6 is 0 Å². The summed E-state index contributed by atoms with van der Waals surface area (Å²) in [7, 11) is 3.25. The average Bonchev–Trinajstić information content (AvgIpc) is 3.20. The Hall–Kier alpha value is -3.54. The molecule has 0 spiro atoms. The number of allylic oxidation sites excluding steroid dienone is 2. The number of hydrogen-bond donors (Lipinski definition) is 2. The average molecular weight is 444 g/mol. The minimum atomic E-state index is -0.255. The molecule has 1 unspecified atom stereocenters. The minimum Gasteiger partial charge on any atom is -0.493 e. The summed E-state index contributed by atoms with van der Waals surface area (Å²) in [6.07, 6.45) is 1.31. The fourth-order valence-corrected chi connectivity index (χ4v) is 5.10. The highest BCUT2D eigenvalue weighted by molar-refractivity contribution is 6.02. The Morgan fingerprint density at radius 2 is 1.73 bits per heavy atom. The Balaban J connectivity index is 1.74. The molecule has 2 heterocycles. The normalized spacial score (nSPS) is 18.9. The lowest BCUT2D eigenvalue weighted by molar-refractivity contribution is -0.118.